The van der Waals surface area contributed by atoms with Crippen LogP contribution in [0.25, 0.3) is 0 Å². The van der Waals surface area contributed by atoms with Crippen LogP contribution in [-0.2, 0) is 19.2 Å². The van der Waals surface area contributed by atoms with Crippen LogP contribution in [0.1, 0.15) is 67.2 Å². The Morgan fingerprint density at radius 2 is 1.34 bits per heavy atom. The summed E-state index contributed by atoms with van der Waals surface area (Å²) in [6.07, 6.45) is 1.71. The fourth-order valence-corrected chi connectivity index (χ4v) is 3.22. The van der Waals surface area contributed by atoms with Gasteiger partial charge in [-0.2, -0.15) is 0 Å². The van der Waals surface area contributed by atoms with Gasteiger partial charge in [-0.15, -0.1) is 0 Å². The minimum Gasteiger partial charge on any atom is -0.480 e. The van der Waals surface area contributed by atoms with E-state index in [1.54, 1.807) is 27.7 Å². The maximum atomic E-state index is 13.2. The molecule has 0 fully saturated rings. The normalized spacial score (nSPS) is 16.2. The second-order valence-electron chi connectivity index (χ2n) is 9.36. The predicted molar refractivity (Wildman–Crippen MR) is 135 cm³/mol. The number of nitrogens with zero attached hydrogens (tertiary/aromatic N) is 1. The molecule has 0 aromatic heterocycles. The number of carboxylic acid groups (broad SMARTS) is 1. The van der Waals surface area contributed by atoms with Crippen LogP contribution < -0.4 is 33.2 Å². The number of hydrogen-bond acceptors (Lipinski definition) is 6. The lowest BCUT2D eigenvalue weighted by molar-refractivity contribution is -0.144. The van der Waals surface area contributed by atoms with Crippen LogP contribution >= 0.6 is 0 Å². The molecule has 0 aliphatic rings. The van der Waals surface area contributed by atoms with Gasteiger partial charge in [0, 0.05) is 6.54 Å². The Bertz CT molecular complexity index is 740. The van der Waals surface area contributed by atoms with Crippen molar-refractivity contribution in [3.63, 3.8) is 0 Å². The van der Waals surface area contributed by atoms with Gasteiger partial charge in [0.1, 0.15) is 18.1 Å². The van der Waals surface area contributed by atoms with E-state index >= 15 is 0 Å². The summed E-state index contributed by atoms with van der Waals surface area (Å²) in [7, 11) is 0. The van der Waals surface area contributed by atoms with Crippen molar-refractivity contribution in [1.29, 1.82) is 0 Å². The van der Waals surface area contributed by atoms with E-state index in [0.29, 0.717) is 19.3 Å². The van der Waals surface area contributed by atoms with Gasteiger partial charge in [0.15, 0.2) is 5.96 Å². The van der Waals surface area contributed by atoms with Gasteiger partial charge >= 0.3 is 5.97 Å². The highest BCUT2D eigenvalue weighted by Crippen LogP contribution is 2.13. The first-order valence-corrected chi connectivity index (χ1v) is 12.2. The number of rotatable bonds is 16. The Labute approximate surface area is 208 Å². The number of carbonyl (C=O) groups excluding carboxylic acids is 3. The lowest BCUT2D eigenvalue weighted by Gasteiger charge is -2.29. The highest BCUT2D eigenvalue weighted by molar-refractivity contribution is 5.94. The molecule has 3 amide bonds. The zero-order valence-corrected chi connectivity index (χ0v) is 21.8. The molecule has 0 spiro atoms. The quantitative estimate of drug-likeness (QED) is 0.0844. The van der Waals surface area contributed by atoms with E-state index < -0.39 is 47.9 Å². The summed E-state index contributed by atoms with van der Waals surface area (Å²) in [5.74, 6) is -3.62. The molecule has 10 N–H and O–H groups in total. The van der Waals surface area contributed by atoms with Crippen LogP contribution in [-0.4, -0.2) is 65.5 Å². The minimum atomic E-state index is -1.14. The number of hydrogen-bond donors (Lipinski definition) is 7. The van der Waals surface area contributed by atoms with Crippen LogP contribution in [0.5, 0.6) is 0 Å². The molecule has 0 bridgehead atoms. The predicted octanol–water partition coefficient (Wildman–Crippen LogP) is -0.345. The zero-order chi connectivity index (χ0) is 27.3. The third-order valence-electron chi connectivity index (χ3n) is 6.17. The minimum absolute atomic E-state index is 0.0836. The molecule has 6 atom stereocenters. The van der Waals surface area contributed by atoms with Gasteiger partial charge in [0.05, 0.1) is 6.04 Å². The van der Waals surface area contributed by atoms with Crippen molar-refractivity contribution in [1.82, 2.24) is 16.0 Å². The van der Waals surface area contributed by atoms with Gasteiger partial charge in [-0.25, -0.2) is 4.79 Å². The van der Waals surface area contributed by atoms with E-state index in [0.717, 1.165) is 0 Å². The Hall–Kier alpha value is -2.89. The number of carboxylic acids is 1. The summed E-state index contributed by atoms with van der Waals surface area (Å²) >= 11 is 0. The van der Waals surface area contributed by atoms with Gasteiger partial charge in [-0.3, -0.25) is 19.4 Å². The SMILES string of the molecule is CCC(C)C(NC(=O)C(NC(=O)C(CCCN=C(N)N)NC(=O)C(N)C(C)C)C(C)CC)C(=O)O. The molecular formula is C23H45N7O5. The molecule has 6 unspecified atom stereocenters. The van der Waals surface area contributed by atoms with E-state index in [4.69, 9.17) is 17.2 Å². The fourth-order valence-electron chi connectivity index (χ4n) is 3.22. The van der Waals surface area contributed by atoms with Gasteiger partial charge in [0.25, 0.3) is 0 Å². The Morgan fingerprint density at radius 3 is 1.80 bits per heavy atom. The summed E-state index contributed by atoms with van der Waals surface area (Å²) in [4.78, 5) is 54.4. The molecule has 0 aromatic carbocycles. The zero-order valence-electron chi connectivity index (χ0n) is 21.8. The fraction of sp³-hybridized carbons (Fsp3) is 0.783. The van der Waals surface area contributed by atoms with E-state index in [1.165, 1.54) is 0 Å². The second kappa shape index (κ2) is 15.9. The first kappa shape index (κ1) is 32.1. The highest BCUT2D eigenvalue weighted by atomic mass is 16.4. The van der Waals surface area contributed by atoms with Crippen LogP contribution in [0, 0.1) is 17.8 Å². The molecule has 0 saturated carbocycles. The summed E-state index contributed by atoms with van der Waals surface area (Å²) in [5.41, 5.74) is 16.6. The van der Waals surface area contributed by atoms with Crippen molar-refractivity contribution in [2.24, 2.45) is 39.9 Å². The Balaban J connectivity index is 5.70. The van der Waals surface area contributed by atoms with Crippen LogP contribution in [0.4, 0.5) is 0 Å². The van der Waals surface area contributed by atoms with E-state index in [2.05, 4.69) is 20.9 Å². The molecule has 0 rings (SSSR count). The summed E-state index contributed by atoms with van der Waals surface area (Å²) in [6, 6.07) is -3.88. The first-order chi connectivity index (χ1) is 16.3. The Kier molecular flexibility index (Phi) is 14.6. The lowest BCUT2D eigenvalue weighted by Crippen LogP contribution is -2.59. The number of amides is 3. The van der Waals surface area contributed by atoms with Crippen LogP contribution in [0.2, 0.25) is 0 Å². The molecule has 0 aliphatic carbocycles. The summed E-state index contributed by atoms with van der Waals surface area (Å²) in [6.45, 7) is 11.0. The molecule has 0 aromatic rings. The first-order valence-electron chi connectivity index (χ1n) is 12.2. The van der Waals surface area contributed by atoms with Crippen molar-refractivity contribution >= 4 is 29.7 Å². The third kappa shape index (κ3) is 11.4. The van der Waals surface area contributed by atoms with Gasteiger partial charge < -0.3 is 38.3 Å². The molecule has 35 heavy (non-hydrogen) atoms. The topological polar surface area (TPSA) is 215 Å². The maximum Gasteiger partial charge on any atom is 0.326 e. The second-order valence-corrected chi connectivity index (χ2v) is 9.36. The van der Waals surface area contributed by atoms with E-state index in [9.17, 15) is 24.3 Å². The van der Waals surface area contributed by atoms with Crippen molar-refractivity contribution in [3.05, 3.63) is 0 Å². The third-order valence-corrected chi connectivity index (χ3v) is 6.17. The van der Waals surface area contributed by atoms with E-state index in [-0.39, 0.29) is 36.7 Å². The number of aliphatic carboxylic acids is 1. The standard InChI is InChI=1S/C23H45N7O5/c1-7-13(5)17(21(33)30-18(22(34)35)14(6)8-2)29-19(31)15(10-9-11-27-23(25)26)28-20(32)16(24)12(3)4/h12-18H,7-11,24H2,1-6H3,(H,28,32)(H,29,31)(H,30,33)(H,34,35)(H4,25,26,27). The van der Waals surface area contributed by atoms with Crippen LogP contribution in [0.15, 0.2) is 4.99 Å². The number of aliphatic imine (C=N–C) groups is 1. The summed E-state index contributed by atoms with van der Waals surface area (Å²) < 4.78 is 0. The molecule has 202 valence electrons. The highest BCUT2D eigenvalue weighted by Gasteiger charge is 2.34. The Morgan fingerprint density at radius 1 is 0.829 bits per heavy atom. The molecule has 12 heteroatoms. The van der Waals surface area contributed by atoms with Crippen molar-refractivity contribution in [2.45, 2.75) is 91.4 Å². The van der Waals surface area contributed by atoms with Gasteiger partial charge in [-0.05, 0) is 30.6 Å². The summed E-state index contributed by atoms with van der Waals surface area (Å²) in [5, 5.41) is 17.5. The average Bonchev–Trinajstić information content (AvgIpc) is 2.80. The molecule has 0 radical (unpaired) electrons. The number of nitrogens with one attached hydrogen (secondary N) is 3. The van der Waals surface area contributed by atoms with Gasteiger partial charge in [0.2, 0.25) is 17.7 Å². The van der Waals surface area contributed by atoms with Crippen molar-refractivity contribution in [3.8, 4) is 0 Å². The molecule has 0 aliphatic heterocycles. The van der Waals surface area contributed by atoms with Gasteiger partial charge in [-0.1, -0.05) is 54.4 Å². The average molecular weight is 500 g/mol. The number of nitrogens with two attached hydrogens (primary N) is 3. The monoisotopic (exact) mass is 499 g/mol. The molecular weight excluding hydrogens is 454 g/mol. The molecule has 0 saturated heterocycles. The van der Waals surface area contributed by atoms with Crippen molar-refractivity contribution < 1.29 is 24.3 Å². The van der Waals surface area contributed by atoms with Crippen LogP contribution in [0.3, 0.4) is 0 Å². The largest absolute Gasteiger partial charge is 0.480 e. The van der Waals surface area contributed by atoms with E-state index in [1.807, 2.05) is 13.8 Å². The lowest BCUT2D eigenvalue weighted by atomic mass is 9.95. The smallest absolute Gasteiger partial charge is 0.326 e. The number of carbonyl (C=O) groups is 4. The molecule has 12 nitrogen and oxygen atoms in total. The number of guanidine groups is 1. The molecule has 0 heterocycles. The van der Waals surface area contributed by atoms with Crippen molar-refractivity contribution in [2.75, 3.05) is 6.54 Å². The maximum absolute atomic E-state index is 13.2.